The molecule has 0 saturated carbocycles. The minimum Gasteiger partial charge on any atom is -0.375 e. The van der Waals surface area contributed by atoms with E-state index in [4.69, 9.17) is 4.74 Å². The average Bonchev–Trinajstić information content (AvgIpc) is 2.27. The Balaban J connectivity index is 2.23. The molecule has 1 rings (SSSR count). The van der Waals surface area contributed by atoms with Crippen LogP contribution in [0.25, 0.3) is 0 Å². The molecule has 5 nitrogen and oxygen atoms in total. The molecule has 0 atom stereocenters. The topological polar surface area (TPSA) is 49.9 Å². The Bertz CT molecular complexity index is 213. The molecule has 0 unspecified atom stereocenters. The minimum atomic E-state index is 0.0486. The van der Waals surface area contributed by atoms with Gasteiger partial charge >= 0.3 is 0 Å². The molecule has 15 heavy (non-hydrogen) atoms. The lowest BCUT2D eigenvalue weighted by Gasteiger charge is -2.34. The molecule has 5 heteroatoms. The van der Waals surface area contributed by atoms with Crippen LogP contribution in [0.2, 0.25) is 0 Å². The van der Waals surface area contributed by atoms with Crippen LogP contribution in [0.4, 0.5) is 0 Å². The summed E-state index contributed by atoms with van der Waals surface area (Å²) in [6.07, 6.45) is 1.51. The van der Waals surface area contributed by atoms with Gasteiger partial charge in [-0.15, -0.1) is 0 Å². The number of piperazine rings is 1. The van der Waals surface area contributed by atoms with Crippen LogP contribution in [0.15, 0.2) is 0 Å². The molecule has 0 bridgehead atoms. The molecule has 0 aromatic heterocycles. The monoisotopic (exact) mass is 214 g/mol. The lowest BCUT2D eigenvalue weighted by atomic mass is 10.3. The number of rotatable bonds is 5. The van der Waals surface area contributed by atoms with Crippen LogP contribution in [0.3, 0.4) is 0 Å². The van der Waals surface area contributed by atoms with Crippen molar-refractivity contribution in [2.45, 2.75) is 6.42 Å². The zero-order chi connectivity index (χ0) is 11.1. The van der Waals surface area contributed by atoms with Crippen molar-refractivity contribution < 1.29 is 14.3 Å². The van der Waals surface area contributed by atoms with Crippen LogP contribution in [0.1, 0.15) is 6.42 Å². The number of nitrogens with zero attached hydrogens (tertiary/aromatic N) is 2. The number of aldehydes is 1. The van der Waals surface area contributed by atoms with Gasteiger partial charge in [-0.25, -0.2) is 0 Å². The van der Waals surface area contributed by atoms with Gasteiger partial charge in [0.15, 0.2) is 0 Å². The molecule has 0 spiro atoms. The fourth-order valence-corrected chi connectivity index (χ4v) is 1.67. The van der Waals surface area contributed by atoms with Crippen molar-refractivity contribution in [1.29, 1.82) is 0 Å². The third kappa shape index (κ3) is 3.97. The molecule has 1 heterocycles. The van der Waals surface area contributed by atoms with Gasteiger partial charge in [0.25, 0.3) is 0 Å². The third-order valence-corrected chi connectivity index (χ3v) is 2.56. The second kappa shape index (κ2) is 6.53. The summed E-state index contributed by atoms with van der Waals surface area (Å²) in [7, 11) is 1.53. The first-order chi connectivity index (χ1) is 7.27. The molecule has 1 aliphatic rings. The second-order valence-electron chi connectivity index (χ2n) is 3.61. The SMILES string of the molecule is COCC(=O)N1CCN(CCC=O)CC1. The Kier molecular flexibility index (Phi) is 5.28. The van der Waals surface area contributed by atoms with Gasteiger partial charge in [-0.1, -0.05) is 0 Å². The quantitative estimate of drug-likeness (QED) is 0.572. The van der Waals surface area contributed by atoms with Crippen molar-refractivity contribution in [3.8, 4) is 0 Å². The fourth-order valence-electron chi connectivity index (χ4n) is 1.67. The van der Waals surface area contributed by atoms with Crippen LogP contribution in [0, 0.1) is 0 Å². The highest BCUT2D eigenvalue weighted by Gasteiger charge is 2.19. The number of methoxy groups -OCH3 is 1. The lowest BCUT2D eigenvalue weighted by molar-refractivity contribution is -0.137. The van der Waals surface area contributed by atoms with Gasteiger partial charge in [-0.3, -0.25) is 9.69 Å². The van der Waals surface area contributed by atoms with E-state index in [-0.39, 0.29) is 12.5 Å². The molecule has 0 N–H and O–H groups in total. The summed E-state index contributed by atoms with van der Waals surface area (Å²) in [5, 5.41) is 0. The normalized spacial score (nSPS) is 17.8. The predicted molar refractivity (Wildman–Crippen MR) is 55.6 cm³/mol. The smallest absolute Gasteiger partial charge is 0.248 e. The van der Waals surface area contributed by atoms with E-state index in [2.05, 4.69) is 4.90 Å². The molecule has 1 saturated heterocycles. The van der Waals surface area contributed by atoms with Crippen molar-refractivity contribution in [3.63, 3.8) is 0 Å². The summed E-state index contributed by atoms with van der Waals surface area (Å²) in [4.78, 5) is 25.6. The average molecular weight is 214 g/mol. The number of hydrogen-bond acceptors (Lipinski definition) is 4. The Morgan fingerprint density at radius 1 is 1.33 bits per heavy atom. The maximum absolute atomic E-state index is 11.4. The molecule has 0 aliphatic carbocycles. The van der Waals surface area contributed by atoms with Gasteiger partial charge in [0.1, 0.15) is 12.9 Å². The zero-order valence-electron chi connectivity index (χ0n) is 9.15. The van der Waals surface area contributed by atoms with Gasteiger partial charge in [0.05, 0.1) is 0 Å². The molecule has 0 aromatic rings. The highest BCUT2D eigenvalue weighted by atomic mass is 16.5. The van der Waals surface area contributed by atoms with Crippen molar-refractivity contribution in [2.75, 3.05) is 46.4 Å². The molecular weight excluding hydrogens is 196 g/mol. The van der Waals surface area contributed by atoms with E-state index in [0.29, 0.717) is 6.42 Å². The van der Waals surface area contributed by atoms with Crippen LogP contribution >= 0.6 is 0 Å². The molecule has 1 fully saturated rings. The molecule has 1 amide bonds. The maximum Gasteiger partial charge on any atom is 0.248 e. The summed E-state index contributed by atoms with van der Waals surface area (Å²) in [5.41, 5.74) is 0. The molecule has 86 valence electrons. The summed E-state index contributed by atoms with van der Waals surface area (Å²) < 4.78 is 4.80. The summed E-state index contributed by atoms with van der Waals surface area (Å²) in [6, 6.07) is 0. The fraction of sp³-hybridized carbons (Fsp3) is 0.800. The van der Waals surface area contributed by atoms with E-state index in [1.165, 1.54) is 7.11 Å². The highest BCUT2D eigenvalue weighted by molar-refractivity contribution is 5.77. The van der Waals surface area contributed by atoms with E-state index < -0.39 is 0 Å². The van der Waals surface area contributed by atoms with Gasteiger partial charge in [-0.05, 0) is 0 Å². The standard InChI is InChI=1S/C10H18N2O3/c1-15-9-10(14)12-6-4-11(5-7-12)3-2-8-13/h8H,2-7,9H2,1H3. The number of hydrogen-bond donors (Lipinski definition) is 0. The first-order valence-corrected chi connectivity index (χ1v) is 5.20. The largest absolute Gasteiger partial charge is 0.375 e. The van der Waals surface area contributed by atoms with Gasteiger partial charge in [0.2, 0.25) is 5.91 Å². The third-order valence-electron chi connectivity index (χ3n) is 2.56. The maximum atomic E-state index is 11.4. The van der Waals surface area contributed by atoms with Crippen molar-refractivity contribution >= 4 is 12.2 Å². The van der Waals surface area contributed by atoms with E-state index in [0.717, 1.165) is 39.0 Å². The Morgan fingerprint density at radius 3 is 2.53 bits per heavy atom. The van der Waals surface area contributed by atoms with Crippen LogP contribution in [-0.4, -0.2) is 68.4 Å². The summed E-state index contributed by atoms with van der Waals surface area (Å²) >= 11 is 0. The summed E-state index contributed by atoms with van der Waals surface area (Å²) in [6.45, 7) is 4.14. The number of ether oxygens (including phenoxy) is 1. The molecule has 0 radical (unpaired) electrons. The van der Waals surface area contributed by atoms with E-state index >= 15 is 0 Å². The Hall–Kier alpha value is -0.940. The van der Waals surface area contributed by atoms with Crippen molar-refractivity contribution in [1.82, 2.24) is 9.80 Å². The number of carbonyl (C=O) groups excluding carboxylic acids is 2. The van der Waals surface area contributed by atoms with E-state index in [9.17, 15) is 9.59 Å². The van der Waals surface area contributed by atoms with Crippen LogP contribution < -0.4 is 0 Å². The zero-order valence-corrected chi connectivity index (χ0v) is 9.15. The summed E-state index contributed by atoms with van der Waals surface area (Å²) in [5.74, 6) is 0.0486. The van der Waals surface area contributed by atoms with Crippen molar-refractivity contribution in [2.24, 2.45) is 0 Å². The highest BCUT2D eigenvalue weighted by Crippen LogP contribution is 2.02. The first kappa shape index (κ1) is 12.1. The molecule has 1 aliphatic heterocycles. The van der Waals surface area contributed by atoms with Gasteiger partial charge in [0, 0.05) is 46.3 Å². The van der Waals surface area contributed by atoms with E-state index in [1.54, 1.807) is 4.90 Å². The van der Waals surface area contributed by atoms with Gasteiger partial charge < -0.3 is 14.4 Å². The molecular formula is C10H18N2O3. The number of amides is 1. The van der Waals surface area contributed by atoms with Crippen LogP contribution in [-0.2, 0) is 14.3 Å². The van der Waals surface area contributed by atoms with Crippen LogP contribution in [0.5, 0.6) is 0 Å². The Labute approximate surface area is 90.0 Å². The lowest BCUT2D eigenvalue weighted by Crippen LogP contribution is -2.49. The predicted octanol–water partition coefficient (Wildman–Crippen LogP) is -0.634. The van der Waals surface area contributed by atoms with E-state index in [1.807, 2.05) is 0 Å². The Morgan fingerprint density at radius 2 is 2.00 bits per heavy atom. The first-order valence-electron chi connectivity index (χ1n) is 5.20. The van der Waals surface area contributed by atoms with Crippen molar-refractivity contribution in [3.05, 3.63) is 0 Å². The number of carbonyl (C=O) groups is 2. The van der Waals surface area contributed by atoms with Gasteiger partial charge in [-0.2, -0.15) is 0 Å². The molecule has 0 aromatic carbocycles. The second-order valence-corrected chi connectivity index (χ2v) is 3.61. The minimum absolute atomic E-state index is 0.0486.